The van der Waals surface area contributed by atoms with Gasteiger partial charge < -0.3 is 0 Å². The first-order valence-corrected chi connectivity index (χ1v) is 11.5. The summed E-state index contributed by atoms with van der Waals surface area (Å²) >= 11 is 1.58. The molecule has 0 radical (unpaired) electrons. The van der Waals surface area contributed by atoms with E-state index in [2.05, 4.69) is 11.9 Å². The molecule has 0 spiro atoms. The van der Waals surface area contributed by atoms with Gasteiger partial charge in [-0.3, -0.25) is 0 Å². The molecule has 1 unspecified atom stereocenters. The lowest BCUT2D eigenvalue weighted by atomic mass is 9.92. The van der Waals surface area contributed by atoms with E-state index in [4.69, 9.17) is 0 Å². The van der Waals surface area contributed by atoms with Crippen LogP contribution in [0.3, 0.4) is 0 Å². The Balaban J connectivity index is 1.78. The van der Waals surface area contributed by atoms with Gasteiger partial charge in [-0.1, -0.05) is 83.3 Å². The standard InChI is InChI=1S/C23H32F3NS/c1-2-3-4-5-6-7-8-9-10-11-12-21(22-27-17-18-28-22)19-13-15-20(16-14-19)23(24,25)26/h13-18,21H,2-12H2,1H3. The maximum Gasteiger partial charge on any atom is 0.416 e. The van der Waals surface area contributed by atoms with Gasteiger partial charge in [0.1, 0.15) is 0 Å². The average Bonchev–Trinajstić information content (AvgIpc) is 3.20. The zero-order valence-electron chi connectivity index (χ0n) is 16.8. The second kappa shape index (κ2) is 12.3. The second-order valence-electron chi connectivity index (χ2n) is 7.51. The van der Waals surface area contributed by atoms with Crippen molar-refractivity contribution in [2.45, 2.75) is 89.6 Å². The van der Waals surface area contributed by atoms with Crippen molar-refractivity contribution in [3.63, 3.8) is 0 Å². The van der Waals surface area contributed by atoms with Crippen LogP contribution >= 0.6 is 11.3 Å². The summed E-state index contributed by atoms with van der Waals surface area (Å²) in [6.45, 7) is 2.24. The molecule has 0 fully saturated rings. The number of rotatable bonds is 13. The fourth-order valence-corrected chi connectivity index (χ4v) is 4.38. The van der Waals surface area contributed by atoms with Crippen LogP contribution in [0.25, 0.3) is 0 Å². The number of hydrogen-bond acceptors (Lipinski definition) is 2. The number of aromatic nitrogens is 1. The molecule has 0 amide bonds. The van der Waals surface area contributed by atoms with Crippen LogP contribution in [0.1, 0.15) is 99.6 Å². The number of benzene rings is 1. The van der Waals surface area contributed by atoms with E-state index in [0.717, 1.165) is 23.4 Å². The van der Waals surface area contributed by atoms with Crippen molar-refractivity contribution in [3.8, 4) is 0 Å². The van der Waals surface area contributed by atoms with Gasteiger partial charge in [-0.05, 0) is 24.1 Å². The molecule has 0 aliphatic heterocycles. The Morgan fingerprint density at radius 3 is 1.93 bits per heavy atom. The fraction of sp³-hybridized carbons (Fsp3) is 0.609. The van der Waals surface area contributed by atoms with E-state index in [9.17, 15) is 13.2 Å². The van der Waals surface area contributed by atoms with E-state index in [0.29, 0.717) is 0 Å². The predicted octanol–water partition coefficient (Wildman–Crippen LogP) is 8.60. The van der Waals surface area contributed by atoms with Gasteiger partial charge in [0, 0.05) is 17.5 Å². The Morgan fingerprint density at radius 2 is 1.43 bits per heavy atom. The third-order valence-corrected chi connectivity index (χ3v) is 6.13. The van der Waals surface area contributed by atoms with E-state index in [1.54, 1.807) is 29.7 Å². The first-order valence-electron chi connectivity index (χ1n) is 10.6. The van der Waals surface area contributed by atoms with Crippen molar-refractivity contribution in [1.29, 1.82) is 0 Å². The molecule has 0 aliphatic carbocycles. The quantitative estimate of drug-likeness (QED) is 0.301. The molecule has 2 rings (SSSR count). The number of nitrogens with zero attached hydrogens (tertiary/aromatic N) is 1. The Bertz CT molecular complexity index is 635. The molecule has 2 aromatic rings. The Hall–Kier alpha value is -1.36. The zero-order valence-corrected chi connectivity index (χ0v) is 17.6. The van der Waals surface area contributed by atoms with Gasteiger partial charge in [0.25, 0.3) is 0 Å². The van der Waals surface area contributed by atoms with Crippen LogP contribution in [0.4, 0.5) is 13.2 Å². The Morgan fingerprint density at radius 1 is 0.857 bits per heavy atom. The number of hydrogen-bond donors (Lipinski definition) is 0. The van der Waals surface area contributed by atoms with E-state index in [1.165, 1.54) is 69.9 Å². The third-order valence-electron chi connectivity index (χ3n) is 5.24. The normalized spacial score (nSPS) is 13.0. The van der Waals surface area contributed by atoms with Crippen LogP contribution in [-0.4, -0.2) is 4.98 Å². The maximum absolute atomic E-state index is 12.8. The molecule has 1 nitrogen and oxygen atoms in total. The molecule has 0 aliphatic rings. The highest BCUT2D eigenvalue weighted by molar-refractivity contribution is 7.09. The summed E-state index contributed by atoms with van der Waals surface area (Å²) in [5.74, 6) is 0.0938. The van der Waals surface area contributed by atoms with E-state index in [-0.39, 0.29) is 5.92 Å². The SMILES string of the molecule is CCCCCCCCCCCCC(c1ccc(C(F)(F)F)cc1)c1nccs1. The summed E-state index contributed by atoms with van der Waals surface area (Å²) in [4.78, 5) is 4.42. The zero-order chi connectivity index (χ0) is 20.2. The second-order valence-corrected chi connectivity index (χ2v) is 8.44. The molecule has 0 N–H and O–H groups in total. The molecule has 0 bridgehead atoms. The molecule has 1 aromatic heterocycles. The molecule has 156 valence electrons. The number of thiazole rings is 1. The fourth-order valence-electron chi connectivity index (χ4n) is 3.58. The predicted molar refractivity (Wildman–Crippen MR) is 112 cm³/mol. The monoisotopic (exact) mass is 411 g/mol. The lowest BCUT2D eigenvalue weighted by molar-refractivity contribution is -0.137. The third kappa shape index (κ3) is 7.94. The smallest absolute Gasteiger partial charge is 0.249 e. The van der Waals surface area contributed by atoms with Crippen molar-refractivity contribution in [1.82, 2.24) is 4.98 Å². The van der Waals surface area contributed by atoms with Crippen molar-refractivity contribution >= 4 is 11.3 Å². The van der Waals surface area contributed by atoms with E-state index >= 15 is 0 Å². The first-order chi connectivity index (χ1) is 13.5. The molecule has 1 heterocycles. The van der Waals surface area contributed by atoms with Gasteiger partial charge in [-0.25, -0.2) is 4.98 Å². The molecule has 1 aromatic carbocycles. The van der Waals surface area contributed by atoms with Gasteiger partial charge in [-0.15, -0.1) is 11.3 Å². The minimum absolute atomic E-state index is 0.0938. The van der Waals surface area contributed by atoms with E-state index in [1.807, 2.05) is 5.38 Å². The highest BCUT2D eigenvalue weighted by atomic mass is 32.1. The summed E-state index contributed by atoms with van der Waals surface area (Å²) in [6, 6.07) is 5.61. The maximum atomic E-state index is 12.8. The topological polar surface area (TPSA) is 12.9 Å². The summed E-state index contributed by atoms with van der Waals surface area (Å²) < 4.78 is 38.5. The number of halogens is 3. The molecule has 28 heavy (non-hydrogen) atoms. The molecule has 0 saturated heterocycles. The van der Waals surface area contributed by atoms with Crippen LogP contribution in [-0.2, 0) is 6.18 Å². The molecule has 1 atom stereocenters. The van der Waals surface area contributed by atoms with Crippen LogP contribution in [0.2, 0.25) is 0 Å². The van der Waals surface area contributed by atoms with Crippen molar-refractivity contribution in [3.05, 3.63) is 52.0 Å². The number of unbranched alkanes of at least 4 members (excludes halogenated alkanes) is 9. The largest absolute Gasteiger partial charge is 0.416 e. The minimum Gasteiger partial charge on any atom is -0.249 e. The summed E-state index contributed by atoms with van der Waals surface area (Å²) in [6.07, 6.45) is 11.2. The lowest BCUT2D eigenvalue weighted by Crippen LogP contribution is -2.06. The minimum atomic E-state index is -4.29. The lowest BCUT2D eigenvalue weighted by Gasteiger charge is -2.16. The van der Waals surface area contributed by atoms with Gasteiger partial charge in [0.05, 0.1) is 10.6 Å². The van der Waals surface area contributed by atoms with Crippen LogP contribution < -0.4 is 0 Å². The van der Waals surface area contributed by atoms with Crippen molar-refractivity contribution < 1.29 is 13.2 Å². The Kier molecular flexibility index (Phi) is 10.0. The van der Waals surface area contributed by atoms with Crippen LogP contribution in [0, 0.1) is 0 Å². The molecular weight excluding hydrogens is 379 g/mol. The summed E-state index contributed by atoms with van der Waals surface area (Å²) in [5, 5.41) is 2.93. The average molecular weight is 412 g/mol. The van der Waals surface area contributed by atoms with Gasteiger partial charge in [0.15, 0.2) is 0 Å². The van der Waals surface area contributed by atoms with Crippen LogP contribution in [0.5, 0.6) is 0 Å². The first kappa shape index (κ1) is 22.9. The molecular formula is C23H32F3NS. The van der Waals surface area contributed by atoms with Gasteiger partial charge in [-0.2, -0.15) is 13.2 Å². The number of alkyl halides is 3. The Labute approximate surface area is 171 Å². The molecule has 5 heteroatoms. The summed E-state index contributed by atoms with van der Waals surface area (Å²) in [7, 11) is 0. The van der Waals surface area contributed by atoms with Gasteiger partial charge >= 0.3 is 6.18 Å². The highest BCUT2D eigenvalue weighted by Gasteiger charge is 2.30. The van der Waals surface area contributed by atoms with Gasteiger partial charge in [0.2, 0.25) is 0 Å². The van der Waals surface area contributed by atoms with E-state index < -0.39 is 11.7 Å². The van der Waals surface area contributed by atoms with Crippen LogP contribution in [0.15, 0.2) is 35.8 Å². The molecule has 0 saturated carbocycles. The van der Waals surface area contributed by atoms with Crippen molar-refractivity contribution in [2.24, 2.45) is 0 Å². The van der Waals surface area contributed by atoms with Crippen molar-refractivity contribution in [2.75, 3.05) is 0 Å². The highest BCUT2D eigenvalue weighted by Crippen LogP contribution is 2.34. The summed E-state index contributed by atoms with van der Waals surface area (Å²) in [5.41, 5.74) is 0.340.